The Bertz CT molecular complexity index is 245. The predicted molar refractivity (Wildman–Crippen MR) is 74.5 cm³/mol. The molecule has 0 bridgehead atoms. The zero-order valence-corrected chi connectivity index (χ0v) is 12.4. The largest absolute Gasteiger partial charge is 0.469 e. The average Bonchev–Trinajstić information content (AvgIpc) is 2.37. The molecule has 1 aliphatic rings. The molecule has 1 rings (SSSR count). The Kier molecular flexibility index (Phi) is 6.69. The second-order valence-corrected chi connectivity index (χ2v) is 5.85. The summed E-state index contributed by atoms with van der Waals surface area (Å²) >= 11 is 0. The summed E-state index contributed by atoms with van der Waals surface area (Å²) in [4.78, 5) is 13.8. The Morgan fingerprint density at radius 1 is 1.22 bits per heavy atom. The van der Waals surface area contributed by atoms with E-state index < -0.39 is 0 Å². The molecule has 3 heteroatoms. The van der Waals surface area contributed by atoms with E-state index in [1.165, 1.54) is 39.3 Å². The van der Waals surface area contributed by atoms with Crippen LogP contribution in [-0.2, 0) is 9.53 Å². The summed E-state index contributed by atoms with van der Waals surface area (Å²) in [5.41, 5.74) is 0. The summed E-state index contributed by atoms with van der Waals surface area (Å²) < 4.78 is 4.75. The molecule has 1 saturated carbocycles. The topological polar surface area (TPSA) is 29.5 Å². The number of carbonyl (C=O) groups is 1. The predicted octanol–water partition coefficient (Wildman–Crippen LogP) is 3.09. The van der Waals surface area contributed by atoms with Crippen molar-refractivity contribution in [2.45, 2.75) is 58.9 Å². The van der Waals surface area contributed by atoms with E-state index in [0.29, 0.717) is 18.4 Å². The molecule has 0 aromatic carbocycles. The van der Waals surface area contributed by atoms with Gasteiger partial charge in [0.1, 0.15) is 0 Å². The fourth-order valence-corrected chi connectivity index (χ4v) is 2.97. The zero-order valence-electron chi connectivity index (χ0n) is 12.4. The van der Waals surface area contributed by atoms with E-state index in [2.05, 4.69) is 25.7 Å². The minimum Gasteiger partial charge on any atom is -0.469 e. The van der Waals surface area contributed by atoms with Gasteiger partial charge < -0.3 is 9.64 Å². The number of nitrogens with zero attached hydrogens (tertiary/aromatic N) is 1. The van der Waals surface area contributed by atoms with Crippen LogP contribution in [0.1, 0.15) is 52.9 Å². The standard InChI is InChI=1S/C15H29NO2/c1-5-16(12(2)3)11-14-8-6-13(7-9-14)10-15(17)18-4/h12-14H,5-11H2,1-4H3/t13-,14-. The molecule has 18 heavy (non-hydrogen) atoms. The summed E-state index contributed by atoms with van der Waals surface area (Å²) in [5.74, 6) is 1.33. The van der Waals surface area contributed by atoms with Crippen LogP contribution < -0.4 is 0 Å². The van der Waals surface area contributed by atoms with Crippen molar-refractivity contribution in [3.05, 3.63) is 0 Å². The first-order valence-corrected chi connectivity index (χ1v) is 7.37. The number of esters is 1. The third kappa shape index (κ3) is 4.97. The van der Waals surface area contributed by atoms with Crippen molar-refractivity contribution < 1.29 is 9.53 Å². The Balaban J connectivity index is 2.28. The van der Waals surface area contributed by atoms with Gasteiger partial charge in [0.2, 0.25) is 0 Å². The first-order chi connectivity index (χ1) is 8.56. The second kappa shape index (κ2) is 7.78. The molecule has 0 heterocycles. The van der Waals surface area contributed by atoms with Gasteiger partial charge in [-0.15, -0.1) is 0 Å². The first kappa shape index (κ1) is 15.5. The van der Waals surface area contributed by atoms with Crippen molar-refractivity contribution in [3.8, 4) is 0 Å². The summed E-state index contributed by atoms with van der Waals surface area (Å²) in [6.45, 7) is 9.14. The molecule has 1 aliphatic carbocycles. The molecular formula is C15H29NO2. The lowest BCUT2D eigenvalue weighted by Crippen LogP contribution is -2.36. The first-order valence-electron chi connectivity index (χ1n) is 7.37. The highest BCUT2D eigenvalue weighted by atomic mass is 16.5. The van der Waals surface area contributed by atoms with Crippen molar-refractivity contribution in [1.29, 1.82) is 0 Å². The summed E-state index contributed by atoms with van der Waals surface area (Å²) in [6.07, 6.45) is 5.53. The molecule has 0 atom stereocenters. The van der Waals surface area contributed by atoms with Crippen molar-refractivity contribution in [2.75, 3.05) is 20.2 Å². The SMILES string of the molecule is CCN(C[C@H]1CC[C@H](CC(=O)OC)CC1)C(C)C. The van der Waals surface area contributed by atoms with Crippen molar-refractivity contribution >= 4 is 5.97 Å². The number of hydrogen-bond acceptors (Lipinski definition) is 3. The van der Waals surface area contributed by atoms with Gasteiger partial charge in [0.05, 0.1) is 7.11 Å². The van der Waals surface area contributed by atoms with Gasteiger partial charge in [-0.25, -0.2) is 0 Å². The molecule has 0 N–H and O–H groups in total. The average molecular weight is 255 g/mol. The molecule has 0 saturated heterocycles. The maximum atomic E-state index is 11.2. The molecule has 0 aromatic heterocycles. The quantitative estimate of drug-likeness (QED) is 0.683. The third-order valence-corrected chi connectivity index (χ3v) is 4.28. The third-order valence-electron chi connectivity index (χ3n) is 4.28. The molecule has 0 aliphatic heterocycles. The van der Waals surface area contributed by atoms with Gasteiger partial charge in [-0.2, -0.15) is 0 Å². The fourth-order valence-electron chi connectivity index (χ4n) is 2.97. The second-order valence-electron chi connectivity index (χ2n) is 5.85. The number of rotatable bonds is 6. The van der Waals surface area contributed by atoms with Crippen LogP contribution >= 0.6 is 0 Å². The van der Waals surface area contributed by atoms with E-state index in [0.717, 1.165) is 12.5 Å². The summed E-state index contributed by atoms with van der Waals surface area (Å²) in [6, 6.07) is 0.641. The van der Waals surface area contributed by atoms with Crippen LogP contribution in [-0.4, -0.2) is 37.1 Å². The van der Waals surface area contributed by atoms with Crippen molar-refractivity contribution in [1.82, 2.24) is 4.90 Å². The molecule has 0 spiro atoms. The lowest BCUT2D eigenvalue weighted by molar-refractivity contribution is -0.142. The van der Waals surface area contributed by atoms with Crippen molar-refractivity contribution in [2.24, 2.45) is 11.8 Å². The lowest BCUT2D eigenvalue weighted by Gasteiger charge is -2.33. The van der Waals surface area contributed by atoms with Crippen LogP contribution in [0.25, 0.3) is 0 Å². The van der Waals surface area contributed by atoms with E-state index in [9.17, 15) is 4.79 Å². The van der Waals surface area contributed by atoms with Crippen LogP contribution in [0, 0.1) is 11.8 Å². The summed E-state index contributed by atoms with van der Waals surface area (Å²) in [5, 5.41) is 0. The van der Waals surface area contributed by atoms with Gasteiger partial charge in [0.15, 0.2) is 0 Å². The number of carbonyl (C=O) groups excluding carboxylic acids is 1. The minimum atomic E-state index is -0.0455. The van der Waals surface area contributed by atoms with Gasteiger partial charge in [0.25, 0.3) is 0 Å². The van der Waals surface area contributed by atoms with Crippen LogP contribution in [0.3, 0.4) is 0 Å². The molecule has 0 amide bonds. The van der Waals surface area contributed by atoms with Crippen LogP contribution in [0.15, 0.2) is 0 Å². The molecule has 0 aromatic rings. The van der Waals surface area contributed by atoms with Gasteiger partial charge in [-0.1, -0.05) is 6.92 Å². The molecule has 3 nitrogen and oxygen atoms in total. The van der Waals surface area contributed by atoms with Gasteiger partial charge in [-0.3, -0.25) is 4.79 Å². The van der Waals surface area contributed by atoms with Gasteiger partial charge in [0, 0.05) is 19.0 Å². The highest BCUT2D eigenvalue weighted by Gasteiger charge is 2.24. The van der Waals surface area contributed by atoms with E-state index in [-0.39, 0.29) is 5.97 Å². The van der Waals surface area contributed by atoms with E-state index in [4.69, 9.17) is 4.74 Å². The van der Waals surface area contributed by atoms with E-state index in [1.54, 1.807) is 0 Å². The minimum absolute atomic E-state index is 0.0455. The van der Waals surface area contributed by atoms with Crippen LogP contribution in [0.2, 0.25) is 0 Å². The fraction of sp³-hybridized carbons (Fsp3) is 0.933. The van der Waals surface area contributed by atoms with Gasteiger partial charge in [-0.05, 0) is 57.9 Å². The molecular weight excluding hydrogens is 226 g/mol. The van der Waals surface area contributed by atoms with Gasteiger partial charge >= 0.3 is 5.97 Å². The number of methoxy groups -OCH3 is 1. The van der Waals surface area contributed by atoms with Crippen LogP contribution in [0.4, 0.5) is 0 Å². The lowest BCUT2D eigenvalue weighted by atomic mass is 9.80. The monoisotopic (exact) mass is 255 g/mol. The highest BCUT2D eigenvalue weighted by Crippen LogP contribution is 2.31. The van der Waals surface area contributed by atoms with Crippen LogP contribution in [0.5, 0.6) is 0 Å². The molecule has 1 fully saturated rings. The smallest absolute Gasteiger partial charge is 0.305 e. The highest BCUT2D eigenvalue weighted by molar-refractivity contribution is 5.69. The normalized spacial score (nSPS) is 24.6. The molecule has 0 unspecified atom stereocenters. The summed E-state index contributed by atoms with van der Waals surface area (Å²) in [7, 11) is 1.48. The number of hydrogen-bond donors (Lipinski definition) is 0. The molecule has 106 valence electrons. The van der Waals surface area contributed by atoms with E-state index in [1.807, 2.05) is 0 Å². The number of ether oxygens (including phenoxy) is 1. The van der Waals surface area contributed by atoms with E-state index >= 15 is 0 Å². The van der Waals surface area contributed by atoms with Crippen molar-refractivity contribution in [3.63, 3.8) is 0 Å². The maximum Gasteiger partial charge on any atom is 0.305 e. The molecule has 0 radical (unpaired) electrons. The Morgan fingerprint density at radius 3 is 2.22 bits per heavy atom. The zero-order chi connectivity index (χ0) is 13.5. The maximum absolute atomic E-state index is 11.2. The Morgan fingerprint density at radius 2 is 1.78 bits per heavy atom. The Hall–Kier alpha value is -0.570. The Labute approximate surface area is 112 Å².